The van der Waals surface area contributed by atoms with Crippen molar-refractivity contribution in [1.82, 2.24) is 9.78 Å². The van der Waals surface area contributed by atoms with Crippen molar-refractivity contribution in [3.05, 3.63) is 11.8 Å². The summed E-state index contributed by atoms with van der Waals surface area (Å²) in [6.07, 6.45) is -4.68. The van der Waals surface area contributed by atoms with Gasteiger partial charge in [-0.3, -0.25) is 0 Å². The number of hydrogen-bond acceptors (Lipinski definition) is 5. The number of aromatic nitrogens is 2. The Bertz CT molecular complexity index is 563. The summed E-state index contributed by atoms with van der Waals surface area (Å²) < 4.78 is 63.2. The maximum atomic E-state index is 12.5. The molecule has 7 nitrogen and oxygen atoms in total. The fraction of sp³-hybridized carbons (Fsp3) is 0.429. The van der Waals surface area contributed by atoms with Crippen molar-refractivity contribution in [1.29, 1.82) is 0 Å². The molecule has 0 bridgehead atoms. The maximum absolute atomic E-state index is 12.5. The van der Waals surface area contributed by atoms with E-state index < -0.39 is 37.6 Å². The van der Waals surface area contributed by atoms with Gasteiger partial charge in [-0.05, 0) is 6.92 Å². The summed E-state index contributed by atoms with van der Waals surface area (Å²) in [5.74, 6) is -1.25. The number of sulfonamides is 1. The molecule has 2 N–H and O–H groups in total. The monoisotopic (exact) mass is 287 g/mol. The summed E-state index contributed by atoms with van der Waals surface area (Å²) in [5, 5.41) is 5.98. The van der Waals surface area contributed by atoms with E-state index in [4.69, 9.17) is 0 Å². The van der Waals surface area contributed by atoms with Gasteiger partial charge in [0.25, 0.3) is 10.0 Å². The molecule has 0 unspecified atom stereocenters. The van der Waals surface area contributed by atoms with Crippen LogP contribution in [-0.2, 0) is 21.1 Å². The van der Waals surface area contributed by atoms with E-state index in [1.165, 1.54) is 6.92 Å². The highest BCUT2D eigenvalue weighted by Gasteiger charge is 2.40. The smallest absolute Gasteiger partial charge is 0.462 e. The predicted octanol–water partition coefficient (Wildman–Crippen LogP) is 0.184. The Labute approximate surface area is 99.4 Å². The average molecular weight is 287 g/mol. The summed E-state index contributed by atoms with van der Waals surface area (Å²) >= 11 is 0. The zero-order valence-corrected chi connectivity index (χ0v) is 9.75. The Kier molecular flexibility index (Phi) is 3.67. The van der Waals surface area contributed by atoms with Gasteiger partial charge in [0.05, 0.1) is 12.8 Å². The number of alkyl halides is 3. The van der Waals surface area contributed by atoms with E-state index in [9.17, 15) is 26.4 Å². The molecule has 0 amide bonds. The molecule has 102 valence electrons. The molecular weight excluding hydrogens is 279 g/mol. The minimum Gasteiger partial charge on any atom is -0.462 e. The Morgan fingerprint density at radius 2 is 2.11 bits per heavy atom. The number of carbonyl (C=O) groups excluding carboxylic acids is 1. The van der Waals surface area contributed by atoms with Crippen LogP contribution in [0.25, 0.3) is 0 Å². The second-order valence-corrected chi connectivity index (χ2v) is 4.49. The van der Waals surface area contributed by atoms with Crippen molar-refractivity contribution in [2.75, 3.05) is 6.61 Å². The van der Waals surface area contributed by atoms with Crippen LogP contribution < -0.4 is 5.14 Å². The molecule has 0 aliphatic carbocycles. The maximum Gasteiger partial charge on any atom is 0.505 e. The van der Waals surface area contributed by atoms with Crippen molar-refractivity contribution in [3.63, 3.8) is 0 Å². The van der Waals surface area contributed by atoms with Crippen LogP contribution in [0.4, 0.5) is 13.2 Å². The van der Waals surface area contributed by atoms with Gasteiger partial charge in [0, 0.05) is 0 Å². The molecule has 0 aliphatic rings. The minimum absolute atomic E-state index is 0.139. The third-order valence-electron chi connectivity index (χ3n) is 1.73. The van der Waals surface area contributed by atoms with E-state index in [1.54, 1.807) is 0 Å². The third kappa shape index (κ3) is 2.79. The molecule has 0 aromatic carbocycles. The van der Waals surface area contributed by atoms with Crippen molar-refractivity contribution in [3.8, 4) is 0 Å². The van der Waals surface area contributed by atoms with Gasteiger partial charge in [-0.1, -0.05) is 0 Å². The zero-order chi connectivity index (χ0) is 14.1. The van der Waals surface area contributed by atoms with Crippen LogP contribution in [0.2, 0.25) is 0 Å². The molecule has 18 heavy (non-hydrogen) atoms. The molecule has 0 saturated heterocycles. The van der Waals surface area contributed by atoms with Crippen LogP contribution in [-0.4, -0.2) is 30.8 Å². The number of nitrogens with zero attached hydrogens (tertiary/aromatic N) is 2. The van der Waals surface area contributed by atoms with Crippen LogP contribution in [0.1, 0.15) is 17.3 Å². The number of esters is 1. The fourth-order valence-electron chi connectivity index (χ4n) is 1.14. The van der Waals surface area contributed by atoms with E-state index >= 15 is 0 Å². The summed E-state index contributed by atoms with van der Waals surface area (Å²) in [6, 6.07) is 0. The first kappa shape index (κ1) is 14.4. The first-order chi connectivity index (χ1) is 8.09. The first-order valence-corrected chi connectivity index (χ1v) is 5.98. The lowest BCUT2D eigenvalue weighted by Crippen LogP contribution is -2.27. The molecule has 0 spiro atoms. The molecule has 0 aliphatic heterocycles. The quantitative estimate of drug-likeness (QED) is 0.799. The third-order valence-corrected chi connectivity index (χ3v) is 2.66. The van der Waals surface area contributed by atoms with E-state index in [-0.39, 0.29) is 6.61 Å². The molecule has 0 saturated carbocycles. The second-order valence-electron chi connectivity index (χ2n) is 3.01. The molecule has 1 heterocycles. The molecule has 1 rings (SSSR count). The van der Waals surface area contributed by atoms with Gasteiger partial charge < -0.3 is 4.74 Å². The van der Waals surface area contributed by atoms with Crippen LogP contribution in [0.5, 0.6) is 0 Å². The highest BCUT2D eigenvalue weighted by Crippen LogP contribution is 2.27. The van der Waals surface area contributed by atoms with Crippen LogP contribution in [0, 0.1) is 0 Å². The summed E-state index contributed by atoms with van der Waals surface area (Å²) in [7, 11) is -4.79. The number of halogens is 3. The molecule has 11 heteroatoms. The number of carbonyl (C=O) groups is 1. The van der Waals surface area contributed by atoms with Gasteiger partial charge in [0.2, 0.25) is 0 Å². The van der Waals surface area contributed by atoms with E-state index in [0.29, 0.717) is 6.20 Å². The summed E-state index contributed by atoms with van der Waals surface area (Å²) in [5.41, 5.74) is -0.864. The van der Waals surface area contributed by atoms with E-state index in [0.717, 1.165) is 0 Å². The highest BCUT2D eigenvalue weighted by molar-refractivity contribution is 7.89. The molecular formula is C7H8F3N3O4S. The van der Waals surface area contributed by atoms with Crippen LogP contribution in [0.15, 0.2) is 11.2 Å². The first-order valence-electron chi connectivity index (χ1n) is 4.44. The normalized spacial score (nSPS) is 12.5. The van der Waals surface area contributed by atoms with Crippen molar-refractivity contribution >= 4 is 16.0 Å². The Morgan fingerprint density at radius 1 is 1.56 bits per heavy atom. The number of ether oxygens (including phenoxy) is 1. The Balaban J connectivity index is 3.49. The van der Waals surface area contributed by atoms with Crippen molar-refractivity contribution < 1.29 is 31.1 Å². The number of primary sulfonamides is 1. The number of rotatable bonds is 3. The lowest BCUT2D eigenvalue weighted by Gasteiger charge is -2.09. The lowest BCUT2D eigenvalue weighted by molar-refractivity contribution is -0.218. The van der Waals surface area contributed by atoms with Crippen LogP contribution in [0.3, 0.4) is 0 Å². The van der Waals surface area contributed by atoms with Gasteiger partial charge in [0.15, 0.2) is 5.03 Å². The molecule has 1 aromatic rings. The van der Waals surface area contributed by atoms with Crippen molar-refractivity contribution in [2.24, 2.45) is 5.14 Å². The van der Waals surface area contributed by atoms with Crippen molar-refractivity contribution in [2.45, 2.75) is 18.2 Å². The van der Waals surface area contributed by atoms with Crippen LogP contribution >= 0.6 is 0 Å². The lowest BCUT2D eigenvalue weighted by atomic mass is 10.4. The predicted molar refractivity (Wildman–Crippen MR) is 50.9 cm³/mol. The molecule has 1 aromatic heterocycles. The molecule has 0 radical (unpaired) electrons. The second kappa shape index (κ2) is 4.57. The molecule has 0 fully saturated rings. The van der Waals surface area contributed by atoms with Gasteiger partial charge in [-0.15, -0.1) is 13.2 Å². The number of nitrogens with two attached hydrogens (primary N) is 1. The largest absolute Gasteiger partial charge is 0.505 e. The highest BCUT2D eigenvalue weighted by atomic mass is 32.2. The minimum atomic E-state index is -5.12. The Morgan fingerprint density at radius 3 is 2.50 bits per heavy atom. The SMILES string of the molecule is CCOC(=O)c1cnn(C(F)(F)F)c1S(N)(=O)=O. The average Bonchev–Trinajstić information content (AvgIpc) is 2.60. The van der Waals surface area contributed by atoms with E-state index in [2.05, 4.69) is 15.0 Å². The van der Waals surface area contributed by atoms with Gasteiger partial charge in [0.1, 0.15) is 5.56 Å². The summed E-state index contributed by atoms with van der Waals surface area (Å²) in [6.45, 7) is 1.27. The fourth-order valence-corrected chi connectivity index (χ4v) is 1.97. The van der Waals surface area contributed by atoms with Gasteiger partial charge in [-0.2, -0.15) is 9.78 Å². The zero-order valence-electron chi connectivity index (χ0n) is 8.93. The molecule has 0 atom stereocenters. The van der Waals surface area contributed by atoms with Gasteiger partial charge >= 0.3 is 12.3 Å². The Hall–Kier alpha value is -1.62. The van der Waals surface area contributed by atoms with E-state index in [1.807, 2.05) is 0 Å². The number of hydrogen-bond donors (Lipinski definition) is 1. The van der Waals surface area contributed by atoms with Gasteiger partial charge in [-0.25, -0.2) is 18.4 Å². The summed E-state index contributed by atoms with van der Waals surface area (Å²) in [4.78, 5) is 11.3. The topological polar surface area (TPSA) is 104 Å². The standard InChI is InChI=1S/C7H8F3N3O4S/c1-2-17-6(14)4-3-12-13(7(8,9)10)5(4)18(11,15)16/h3H,2H2,1H3,(H2,11,15,16).